The molecule has 0 rings (SSSR count). The minimum absolute atomic E-state index is 0.158. The Morgan fingerprint density at radius 3 is 2.09 bits per heavy atom. The average molecular weight is 161 g/mol. The Labute approximate surface area is 68.6 Å². The van der Waals surface area contributed by atoms with Crippen molar-refractivity contribution >= 4 is 0 Å². The molecule has 68 valence electrons. The van der Waals surface area contributed by atoms with Crippen LogP contribution in [0.2, 0.25) is 0 Å². The highest BCUT2D eigenvalue weighted by Crippen LogP contribution is 1.98. The Bertz CT molecular complexity index is 94.1. The molecular weight excluding hydrogens is 142 g/mol. The molecular formula is C8H19NO2. The van der Waals surface area contributed by atoms with Gasteiger partial charge in [-0.05, 0) is 20.8 Å². The van der Waals surface area contributed by atoms with Crippen LogP contribution in [0.25, 0.3) is 0 Å². The molecule has 0 amide bonds. The molecule has 3 nitrogen and oxygen atoms in total. The molecule has 0 aliphatic heterocycles. The third-order valence-corrected chi connectivity index (χ3v) is 1.62. The lowest BCUT2D eigenvalue weighted by Gasteiger charge is -2.26. The van der Waals surface area contributed by atoms with Crippen LogP contribution in [0.5, 0.6) is 0 Å². The summed E-state index contributed by atoms with van der Waals surface area (Å²) in [6.45, 7) is 7.30. The highest BCUT2D eigenvalue weighted by Gasteiger charge is 2.10. The van der Waals surface area contributed by atoms with Crippen molar-refractivity contribution in [1.82, 2.24) is 4.90 Å². The van der Waals surface area contributed by atoms with Gasteiger partial charge in [-0.3, -0.25) is 4.90 Å². The molecule has 1 atom stereocenters. The van der Waals surface area contributed by atoms with Crippen molar-refractivity contribution in [2.24, 2.45) is 0 Å². The fourth-order valence-electron chi connectivity index (χ4n) is 1.03. The smallest absolute Gasteiger partial charge is 0.0639 e. The number of aliphatic hydroxyl groups is 2. The Kier molecular flexibility index (Phi) is 5.46. The minimum atomic E-state index is -0.316. The van der Waals surface area contributed by atoms with Gasteiger partial charge >= 0.3 is 0 Å². The molecule has 11 heavy (non-hydrogen) atoms. The monoisotopic (exact) mass is 161 g/mol. The van der Waals surface area contributed by atoms with Crippen LogP contribution in [0, 0.1) is 0 Å². The van der Waals surface area contributed by atoms with Crippen LogP contribution in [0.4, 0.5) is 0 Å². The Morgan fingerprint density at radius 1 is 1.27 bits per heavy atom. The van der Waals surface area contributed by atoms with Crippen LogP contribution in [-0.2, 0) is 0 Å². The molecule has 0 aromatic carbocycles. The van der Waals surface area contributed by atoms with Gasteiger partial charge in [0.1, 0.15) is 0 Å². The molecule has 0 aromatic rings. The third-order valence-electron chi connectivity index (χ3n) is 1.62. The van der Waals surface area contributed by atoms with Gasteiger partial charge in [-0.15, -0.1) is 0 Å². The van der Waals surface area contributed by atoms with Gasteiger partial charge in [0.15, 0.2) is 0 Å². The van der Waals surface area contributed by atoms with Gasteiger partial charge in [0.2, 0.25) is 0 Å². The summed E-state index contributed by atoms with van der Waals surface area (Å²) >= 11 is 0. The number of aliphatic hydroxyl groups excluding tert-OH is 2. The van der Waals surface area contributed by atoms with E-state index in [1.54, 1.807) is 6.92 Å². The minimum Gasteiger partial charge on any atom is -0.395 e. The molecule has 0 bridgehead atoms. The van der Waals surface area contributed by atoms with Crippen molar-refractivity contribution in [3.8, 4) is 0 Å². The highest BCUT2D eigenvalue weighted by molar-refractivity contribution is 4.64. The predicted molar refractivity (Wildman–Crippen MR) is 45.5 cm³/mol. The SMILES string of the molecule is CC(C)N(CCO)C[C@H](C)O. The Morgan fingerprint density at radius 2 is 1.82 bits per heavy atom. The standard InChI is InChI=1S/C8H19NO2/c1-7(2)9(4-5-10)6-8(3)11/h7-8,10-11H,4-6H2,1-3H3/t8-/m0/s1. The normalized spacial score (nSPS) is 14.5. The first-order valence-electron chi connectivity index (χ1n) is 4.11. The summed E-state index contributed by atoms with van der Waals surface area (Å²) in [5, 5.41) is 17.8. The number of nitrogens with zero attached hydrogens (tertiary/aromatic N) is 1. The molecule has 0 aliphatic carbocycles. The number of hydrogen-bond acceptors (Lipinski definition) is 3. The predicted octanol–water partition coefficient (Wildman–Crippen LogP) is 0.0699. The van der Waals surface area contributed by atoms with Gasteiger partial charge in [-0.2, -0.15) is 0 Å². The molecule has 3 heteroatoms. The summed E-state index contributed by atoms with van der Waals surface area (Å²) in [7, 11) is 0. The van der Waals surface area contributed by atoms with E-state index in [9.17, 15) is 0 Å². The molecule has 0 heterocycles. The van der Waals surface area contributed by atoms with Gasteiger partial charge in [0.25, 0.3) is 0 Å². The average Bonchev–Trinajstić information content (AvgIpc) is 1.86. The lowest BCUT2D eigenvalue weighted by molar-refractivity contribution is 0.0922. The molecule has 0 saturated heterocycles. The fraction of sp³-hybridized carbons (Fsp3) is 1.00. The van der Waals surface area contributed by atoms with Gasteiger partial charge in [-0.25, -0.2) is 0 Å². The summed E-state index contributed by atoms with van der Waals surface area (Å²) in [6.07, 6.45) is -0.316. The molecule has 2 N–H and O–H groups in total. The lowest BCUT2D eigenvalue weighted by Crippen LogP contribution is -2.38. The number of rotatable bonds is 5. The lowest BCUT2D eigenvalue weighted by atomic mass is 10.3. The summed E-state index contributed by atoms with van der Waals surface area (Å²) < 4.78 is 0. The molecule has 0 spiro atoms. The number of hydrogen-bond donors (Lipinski definition) is 2. The maximum absolute atomic E-state index is 9.07. The van der Waals surface area contributed by atoms with Crippen molar-refractivity contribution in [3.63, 3.8) is 0 Å². The molecule has 0 unspecified atom stereocenters. The van der Waals surface area contributed by atoms with E-state index in [4.69, 9.17) is 10.2 Å². The zero-order valence-corrected chi connectivity index (χ0v) is 7.62. The fourth-order valence-corrected chi connectivity index (χ4v) is 1.03. The Hall–Kier alpha value is -0.120. The van der Waals surface area contributed by atoms with E-state index in [0.717, 1.165) is 0 Å². The first-order valence-corrected chi connectivity index (χ1v) is 4.11. The van der Waals surface area contributed by atoms with Crippen LogP contribution in [0.15, 0.2) is 0 Å². The second-order valence-corrected chi connectivity index (χ2v) is 3.16. The largest absolute Gasteiger partial charge is 0.395 e. The quantitative estimate of drug-likeness (QED) is 0.599. The first-order chi connectivity index (χ1) is 5.07. The highest BCUT2D eigenvalue weighted by atomic mass is 16.3. The first kappa shape index (κ1) is 10.9. The van der Waals surface area contributed by atoms with Crippen LogP contribution in [0.3, 0.4) is 0 Å². The zero-order valence-electron chi connectivity index (χ0n) is 7.62. The summed E-state index contributed by atoms with van der Waals surface area (Å²) in [5.41, 5.74) is 0. The molecule has 0 radical (unpaired) electrons. The van der Waals surface area contributed by atoms with Gasteiger partial charge in [0.05, 0.1) is 12.7 Å². The third kappa shape index (κ3) is 5.18. The van der Waals surface area contributed by atoms with Crippen LogP contribution >= 0.6 is 0 Å². The Balaban J connectivity index is 3.69. The van der Waals surface area contributed by atoms with Crippen molar-refractivity contribution in [1.29, 1.82) is 0 Å². The molecule has 0 aromatic heterocycles. The van der Waals surface area contributed by atoms with E-state index in [2.05, 4.69) is 13.8 Å². The van der Waals surface area contributed by atoms with Gasteiger partial charge < -0.3 is 10.2 Å². The van der Waals surface area contributed by atoms with Crippen molar-refractivity contribution in [2.45, 2.75) is 32.9 Å². The van der Waals surface area contributed by atoms with Crippen molar-refractivity contribution in [3.05, 3.63) is 0 Å². The van der Waals surface area contributed by atoms with Gasteiger partial charge in [0, 0.05) is 19.1 Å². The maximum atomic E-state index is 9.07. The van der Waals surface area contributed by atoms with E-state index < -0.39 is 0 Å². The molecule has 0 fully saturated rings. The van der Waals surface area contributed by atoms with Crippen LogP contribution in [-0.4, -0.2) is 47.0 Å². The molecule has 0 aliphatic rings. The van der Waals surface area contributed by atoms with E-state index in [1.165, 1.54) is 0 Å². The second kappa shape index (κ2) is 5.52. The zero-order chi connectivity index (χ0) is 8.85. The van der Waals surface area contributed by atoms with E-state index in [-0.39, 0.29) is 12.7 Å². The topological polar surface area (TPSA) is 43.7 Å². The van der Waals surface area contributed by atoms with Crippen LogP contribution in [0.1, 0.15) is 20.8 Å². The maximum Gasteiger partial charge on any atom is 0.0639 e. The summed E-state index contributed by atoms with van der Waals surface area (Å²) in [5.74, 6) is 0. The van der Waals surface area contributed by atoms with Crippen molar-refractivity contribution in [2.75, 3.05) is 19.7 Å². The van der Waals surface area contributed by atoms with E-state index >= 15 is 0 Å². The second-order valence-electron chi connectivity index (χ2n) is 3.16. The van der Waals surface area contributed by atoms with E-state index in [0.29, 0.717) is 19.1 Å². The van der Waals surface area contributed by atoms with E-state index in [1.807, 2.05) is 4.90 Å². The summed E-state index contributed by atoms with van der Waals surface area (Å²) in [6, 6.07) is 0.386. The summed E-state index contributed by atoms with van der Waals surface area (Å²) in [4.78, 5) is 2.05. The van der Waals surface area contributed by atoms with Crippen LogP contribution < -0.4 is 0 Å². The van der Waals surface area contributed by atoms with Crippen molar-refractivity contribution < 1.29 is 10.2 Å². The van der Waals surface area contributed by atoms with Gasteiger partial charge in [-0.1, -0.05) is 0 Å². The molecule has 0 saturated carbocycles.